The Morgan fingerprint density at radius 2 is 1.70 bits per heavy atom. The average Bonchev–Trinajstić information content (AvgIpc) is 2.85. The topological polar surface area (TPSA) is 76.6 Å². The molecule has 1 aromatic heterocycles. The van der Waals surface area contributed by atoms with E-state index in [1.165, 1.54) is 19.3 Å². The molecule has 0 atom stereocenters. The molecule has 0 saturated carbocycles. The second-order valence-corrected chi connectivity index (χ2v) is 8.41. The molecular formula is C26H28N4O3. The number of nitrogens with zero attached hydrogens (tertiary/aromatic N) is 3. The molecule has 0 radical (unpaired) electrons. The Balaban J connectivity index is 1.23. The fourth-order valence-electron chi connectivity index (χ4n) is 4.51. The molecule has 7 heteroatoms. The van der Waals surface area contributed by atoms with Crippen molar-refractivity contribution in [3.8, 4) is 17.4 Å². The van der Waals surface area contributed by atoms with E-state index in [0.29, 0.717) is 36.4 Å². The van der Waals surface area contributed by atoms with Crippen molar-refractivity contribution in [3.63, 3.8) is 0 Å². The number of anilines is 1. The van der Waals surface area contributed by atoms with Crippen molar-refractivity contribution in [3.05, 3.63) is 71.5 Å². The van der Waals surface area contributed by atoms with Gasteiger partial charge in [0.05, 0.1) is 12.5 Å². The summed E-state index contributed by atoms with van der Waals surface area (Å²) in [5.74, 6) is 3.08. The van der Waals surface area contributed by atoms with Gasteiger partial charge in [0.25, 0.3) is 0 Å². The van der Waals surface area contributed by atoms with Crippen LogP contribution in [-0.4, -0.2) is 42.1 Å². The molecule has 1 saturated heterocycles. The number of aromatic nitrogens is 2. The summed E-state index contributed by atoms with van der Waals surface area (Å²) in [5, 5.41) is 3.02. The van der Waals surface area contributed by atoms with E-state index in [0.717, 1.165) is 30.0 Å². The lowest BCUT2D eigenvalue weighted by Crippen LogP contribution is -2.34. The Morgan fingerprint density at radius 1 is 1.03 bits per heavy atom. The number of fused-ring (bicyclic) bond motifs is 2. The minimum absolute atomic E-state index is 0.0744. The van der Waals surface area contributed by atoms with E-state index in [9.17, 15) is 4.79 Å². The zero-order chi connectivity index (χ0) is 22.6. The predicted octanol–water partition coefficient (Wildman–Crippen LogP) is 4.21. The minimum Gasteiger partial charge on any atom is -0.476 e. The zero-order valence-corrected chi connectivity index (χ0v) is 18.8. The van der Waals surface area contributed by atoms with Gasteiger partial charge in [-0.3, -0.25) is 4.79 Å². The number of nitrogens with one attached hydrogen (secondary N) is 1. The molecule has 33 heavy (non-hydrogen) atoms. The summed E-state index contributed by atoms with van der Waals surface area (Å²) in [7, 11) is 0. The van der Waals surface area contributed by atoms with Crippen molar-refractivity contribution in [2.45, 2.75) is 32.1 Å². The monoisotopic (exact) mass is 444 g/mol. The van der Waals surface area contributed by atoms with Gasteiger partial charge in [0.1, 0.15) is 29.7 Å². The first kappa shape index (κ1) is 21.2. The second kappa shape index (κ2) is 9.48. The lowest BCUT2D eigenvalue weighted by Gasteiger charge is -2.28. The molecular weight excluding hydrogens is 416 g/mol. The second-order valence-electron chi connectivity index (χ2n) is 8.41. The van der Waals surface area contributed by atoms with Crippen LogP contribution in [0.5, 0.6) is 17.4 Å². The van der Waals surface area contributed by atoms with Gasteiger partial charge in [0.2, 0.25) is 11.8 Å². The molecule has 1 fully saturated rings. The van der Waals surface area contributed by atoms with Crippen molar-refractivity contribution < 1.29 is 14.3 Å². The Hall–Kier alpha value is -3.61. The molecule has 1 amide bonds. The molecule has 2 aliphatic rings. The van der Waals surface area contributed by atoms with Crippen molar-refractivity contribution >= 4 is 11.7 Å². The summed E-state index contributed by atoms with van der Waals surface area (Å²) in [4.78, 5) is 24.5. The molecule has 3 aromatic rings. The van der Waals surface area contributed by atoms with Crippen LogP contribution in [0.1, 0.15) is 42.1 Å². The predicted molar refractivity (Wildman–Crippen MR) is 126 cm³/mol. The number of benzene rings is 2. The van der Waals surface area contributed by atoms with E-state index >= 15 is 0 Å². The Morgan fingerprint density at radius 3 is 2.39 bits per heavy atom. The van der Waals surface area contributed by atoms with Gasteiger partial charge in [-0.2, -0.15) is 4.98 Å². The smallest absolute Gasteiger partial charge is 0.232 e. The van der Waals surface area contributed by atoms with E-state index in [-0.39, 0.29) is 5.91 Å². The first-order valence-corrected chi connectivity index (χ1v) is 11.6. The van der Waals surface area contributed by atoms with Crippen molar-refractivity contribution in [1.82, 2.24) is 15.3 Å². The molecule has 3 heterocycles. The fraction of sp³-hybridized carbons (Fsp3) is 0.346. The van der Waals surface area contributed by atoms with Crippen molar-refractivity contribution in [1.29, 1.82) is 0 Å². The number of rotatable bonds is 6. The highest BCUT2D eigenvalue weighted by Crippen LogP contribution is 2.43. The minimum atomic E-state index is -0.418. The number of carbonyl (C=O) groups is 1. The van der Waals surface area contributed by atoms with Gasteiger partial charge in [-0.05, 0) is 38.3 Å². The van der Waals surface area contributed by atoms with Crippen LogP contribution in [0.3, 0.4) is 0 Å². The summed E-state index contributed by atoms with van der Waals surface area (Å²) in [5.41, 5.74) is 1.74. The van der Waals surface area contributed by atoms with Crippen LogP contribution in [0.25, 0.3) is 0 Å². The quantitative estimate of drug-likeness (QED) is 0.574. The number of hydrogen-bond donors (Lipinski definition) is 1. The highest BCUT2D eigenvalue weighted by atomic mass is 16.5. The van der Waals surface area contributed by atoms with E-state index in [1.54, 1.807) is 0 Å². The lowest BCUT2D eigenvalue weighted by molar-refractivity contribution is -0.121. The lowest BCUT2D eigenvalue weighted by atomic mass is 9.87. The molecule has 2 aromatic carbocycles. The standard InChI is InChI=1S/C26H28N4O3/c1-18-28-23(30-14-7-2-8-15-30)17-24(29-18)32-16-13-27-26(31)25-19-9-3-5-11-21(19)33-22-12-6-4-10-20(22)25/h3-6,9-12,17,25H,2,7-8,13-16H2,1H3,(H,27,31). The average molecular weight is 445 g/mol. The van der Waals surface area contributed by atoms with Crippen LogP contribution in [-0.2, 0) is 4.79 Å². The SMILES string of the molecule is Cc1nc(OCCNC(=O)C2c3ccccc3Oc3ccccc32)cc(N2CCCCC2)n1. The number of aryl methyl sites for hydroxylation is 1. The van der Waals surface area contributed by atoms with Crippen molar-refractivity contribution in [2.75, 3.05) is 31.1 Å². The van der Waals surface area contributed by atoms with E-state index in [4.69, 9.17) is 9.47 Å². The molecule has 0 aliphatic carbocycles. The Bertz CT molecular complexity index is 1100. The summed E-state index contributed by atoms with van der Waals surface area (Å²) >= 11 is 0. The molecule has 0 bridgehead atoms. The van der Waals surface area contributed by atoms with E-state index in [2.05, 4.69) is 20.2 Å². The summed E-state index contributed by atoms with van der Waals surface area (Å²) < 4.78 is 11.9. The maximum absolute atomic E-state index is 13.2. The summed E-state index contributed by atoms with van der Waals surface area (Å²) in [6.07, 6.45) is 3.64. The molecule has 170 valence electrons. The van der Waals surface area contributed by atoms with Gasteiger partial charge in [-0.15, -0.1) is 0 Å². The van der Waals surface area contributed by atoms with Gasteiger partial charge < -0.3 is 19.7 Å². The van der Waals surface area contributed by atoms with Crippen LogP contribution in [0.2, 0.25) is 0 Å². The maximum atomic E-state index is 13.2. The highest BCUT2D eigenvalue weighted by Gasteiger charge is 2.32. The zero-order valence-electron chi connectivity index (χ0n) is 18.8. The fourth-order valence-corrected chi connectivity index (χ4v) is 4.51. The first-order chi connectivity index (χ1) is 16.2. The van der Waals surface area contributed by atoms with Gasteiger partial charge in [0.15, 0.2) is 0 Å². The molecule has 0 unspecified atom stereocenters. The number of piperidine rings is 1. The van der Waals surface area contributed by atoms with Crippen LogP contribution in [0.4, 0.5) is 5.82 Å². The van der Waals surface area contributed by atoms with Gasteiger partial charge in [-0.25, -0.2) is 4.98 Å². The van der Waals surface area contributed by atoms with Crippen LogP contribution in [0, 0.1) is 6.92 Å². The number of carbonyl (C=O) groups excluding carboxylic acids is 1. The summed E-state index contributed by atoms with van der Waals surface area (Å²) in [6.45, 7) is 4.61. The van der Waals surface area contributed by atoms with Gasteiger partial charge in [0, 0.05) is 30.3 Å². The Labute approximate surface area is 193 Å². The van der Waals surface area contributed by atoms with E-state index < -0.39 is 5.92 Å². The molecule has 2 aliphatic heterocycles. The number of amides is 1. The number of ether oxygens (including phenoxy) is 2. The van der Waals surface area contributed by atoms with Gasteiger partial charge >= 0.3 is 0 Å². The number of para-hydroxylation sites is 2. The Kier molecular flexibility index (Phi) is 6.11. The third kappa shape index (κ3) is 4.62. The third-order valence-corrected chi connectivity index (χ3v) is 6.07. The molecule has 7 nitrogen and oxygen atoms in total. The van der Waals surface area contributed by atoms with Gasteiger partial charge in [-0.1, -0.05) is 36.4 Å². The molecule has 0 spiro atoms. The highest BCUT2D eigenvalue weighted by molar-refractivity contribution is 5.89. The first-order valence-electron chi connectivity index (χ1n) is 11.6. The van der Waals surface area contributed by atoms with Crippen LogP contribution < -0.4 is 19.7 Å². The molecule has 5 rings (SSSR count). The number of hydrogen-bond acceptors (Lipinski definition) is 6. The van der Waals surface area contributed by atoms with E-state index in [1.807, 2.05) is 61.5 Å². The van der Waals surface area contributed by atoms with Crippen LogP contribution in [0.15, 0.2) is 54.6 Å². The normalized spacial score (nSPS) is 15.2. The summed E-state index contributed by atoms with van der Waals surface area (Å²) in [6, 6.07) is 17.3. The van der Waals surface area contributed by atoms with Crippen molar-refractivity contribution in [2.24, 2.45) is 0 Å². The largest absolute Gasteiger partial charge is 0.476 e. The van der Waals surface area contributed by atoms with Crippen LogP contribution >= 0.6 is 0 Å². The maximum Gasteiger partial charge on any atom is 0.232 e. The third-order valence-electron chi connectivity index (χ3n) is 6.07. The molecule has 1 N–H and O–H groups in total.